The molecule has 1 aromatic carbocycles. The molecule has 0 aliphatic carbocycles. The third-order valence-electron chi connectivity index (χ3n) is 3.88. The van der Waals surface area contributed by atoms with Crippen LogP contribution in [0.4, 0.5) is 0 Å². The van der Waals surface area contributed by atoms with Crippen molar-refractivity contribution in [3.05, 3.63) is 35.4 Å². The highest BCUT2D eigenvalue weighted by molar-refractivity contribution is 5.41. The van der Waals surface area contributed by atoms with Gasteiger partial charge in [-0.3, -0.25) is 4.90 Å². The molecule has 0 spiro atoms. The zero-order valence-electron chi connectivity index (χ0n) is 12.5. The van der Waals surface area contributed by atoms with E-state index in [-0.39, 0.29) is 6.61 Å². The number of likely N-dealkylation sites (N-methyl/N-ethyl adjacent to an activating group) is 1. The Kier molecular flexibility index (Phi) is 5.60. The summed E-state index contributed by atoms with van der Waals surface area (Å²) in [6.07, 6.45) is 1.21. The first-order valence-electron chi connectivity index (χ1n) is 7.31. The zero-order chi connectivity index (χ0) is 14.4. The summed E-state index contributed by atoms with van der Waals surface area (Å²) in [5, 5.41) is 8.86. The molecule has 0 saturated carbocycles. The highest BCUT2D eigenvalue weighted by Crippen LogP contribution is 2.16. The van der Waals surface area contributed by atoms with Gasteiger partial charge in [0.1, 0.15) is 6.61 Å². The van der Waals surface area contributed by atoms with Gasteiger partial charge in [-0.25, -0.2) is 0 Å². The van der Waals surface area contributed by atoms with E-state index in [4.69, 9.17) is 5.11 Å². The summed E-state index contributed by atoms with van der Waals surface area (Å²) in [6.45, 7) is 6.57. The summed E-state index contributed by atoms with van der Waals surface area (Å²) in [7, 11) is 2.20. The van der Waals surface area contributed by atoms with Crippen LogP contribution in [0.1, 0.15) is 24.5 Å². The zero-order valence-corrected chi connectivity index (χ0v) is 12.5. The summed E-state index contributed by atoms with van der Waals surface area (Å²) in [5.74, 6) is 5.81. The average molecular weight is 272 g/mol. The Morgan fingerprint density at radius 2 is 2.10 bits per heavy atom. The van der Waals surface area contributed by atoms with E-state index in [0.29, 0.717) is 6.04 Å². The van der Waals surface area contributed by atoms with Crippen LogP contribution >= 0.6 is 0 Å². The Morgan fingerprint density at radius 1 is 1.30 bits per heavy atom. The van der Waals surface area contributed by atoms with E-state index < -0.39 is 0 Å². The minimum absolute atomic E-state index is 0.0841. The van der Waals surface area contributed by atoms with Crippen LogP contribution in [0, 0.1) is 11.8 Å². The van der Waals surface area contributed by atoms with Crippen LogP contribution < -0.4 is 0 Å². The normalized spacial score (nSPS) is 21.1. The van der Waals surface area contributed by atoms with Crippen molar-refractivity contribution in [1.29, 1.82) is 0 Å². The van der Waals surface area contributed by atoms with Gasteiger partial charge in [0.15, 0.2) is 0 Å². The minimum Gasteiger partial charge on any atom is -0.384 e. The molecule has 1 unspecified atom stereocenters. The highest BCUT2D eigenvalue weighted by Gasteiger charge is 2.20. The third-order valence-corrected chi connectivity index (χ3v) is 3.88. The molecular weight excluding hydrogens is 248 g/mol. The van der Waals surface area contributed by atoms with Gasteiger partial charge in [0, 0.05) is 31.2 Å². The van der Waals surface area contributed by atoms with Crippen molar-refractivity contribution in [3.63, 3.8) is 0 Å². The molecule has 3 heteroatoms. The van der Waals surface area contributed by atoms with Crippen LogP contribution in [0.2, 0.25) is 0 Å². The van der Waals surface area contributed by atoms with Crippen molar-refractivity contribution in [2.24, 2.45) is 0 Å². The van der Waals surface area contributed by atoms with Crippen molar-refractivity contribution >= 4 is 0 Å². The SMILES string of the molecule is CC1CN(C)CCCN1Cc1ccccc1C#CCO. The maximum Gasteiger partial charge on any atom is 0.104 e. The van der Waals surface area contributed by atoms with Gasteiger partial charge in [-0.1, -0.05) is 30.0 Å². The van der Waals surface area contributed by atoms with E-state index in [1.165, 1.54) is 18.5 Å². The number of aliphatic hydroxyl groups excluding tert-OH is 1. The van der Waals surface area contributed by atoms with Gasteiger partial charge in [-0.05, 0) is 38.6 Å². The smallest absolute Gasteiger partial charge is 0.104 e. The Morgan fingerprint density at radius 3 is 2.90 bits per heavy atom. The second-order valence-electron chi connectivity index (χ2n) is 5.55. The molecule has 3 nitrogen and oxygen atoms in total. The number of rotatable bonds is 2. The van der Waals surface area contributed by atoms with Crippen LogP contribution in [0.5, 0.6) is 0 Å². The first-order valence-corrected chi connectivity index (χ1v) is 7.31. The maximum absolute atomic E-state index is 8.86. The van der Waals surface area contributed by atoms with E-state index in [9.17, 15) is 0 Å². The van der Waals surface area contributed by atoms with Crippen molar-refractivity contribution in [2.45, 2.75) is 25.9 Å². The van der Waals surface area contributed by atoms with Crippen molar-refractivity contribution in [2.75, 3.05) is 33.3 Å². The lowest BCUT2D eigenvalue weighted by atomic mass is 10.1. The molecule has 1 atom stereocenters. The Bertz CT molecular complexity index is 489. The number of benzene rings is 1. The lowest BCUT2D eigenvalue weighted by molar-refractivity contribution is 0.194. The summed E-state index contributed by atoms with van der Waals surface area (Å²) in [5.41, 5.74) is 2.29. The molecule has 108 valence electrons. The Labute approximate surface area is 122 Å². The third kappa shape index (κ3) is 4.08. The first kappa shape index (κ1) is 15.1. The van der Waals surface area contributed by atoms with E-state index in [1.54, 1.807) is 0 Å². The van der Waals surface area contributed by atoms with Crippen molar-refractivity contribution in [1.82, 2.24) is 9.80 Å². The molecule has 20 heavy (non-hydrogen) atoms. The van der Waals surface area contributed by atoms with Gasteiger partial charge in [-0.15, -0.1) is 0 Å². The fourth-order valence-electron chi connectivity index (χ4n) is 2.79. The summed E-state index contributed by atoms with van der Waals surface area (Å²) in [6, 6.07) is 8.80. The monoisotopic (exact) mass is 272 g/mol. The molecule has 0 aromatic heterocycles. The molecule has 1 saturated heterocycles. The van der Waals surface area contributed by atoms with Gasteiger partial charge < -0.3 is 10.0 Å². The largest absolute Gasteiger partial charge is 0.384 e. The topological polar surface area (TPSA) is 26.7 Å². The Hall–Kier alpha value is -1.34. The van der Waals surface area contributed by atoms with E-state index in [2.05, 4.69) is 47.7 Å². The molecule has 1 aliphatic rings. The van der Waals surface area contributed by atoms with Crippen LogP contribution in [0.25, 0.3) is 0 Å². The van der Waals surface area contributed by atoms with Crippen molar-refractivity contribution in [3.8, 4) is 11.8 Å². The van der Waals surface area contributed by atoms with E-state index in [0.717, 1.165) is 25.2 Å². The first-order chi connectivity index (χ1) is 9.70. The Balaban J connectivity index is 2.12. The maximum atomic E-state index is 8.86. The quantitative estimate of drug-likeness (QED) is 0.828. The van der Waals surface area contributed by atoms with Gasteiger partial charge in [0.25, 0.3) is 0 Å². The number of hydrogen-bond donors (Lipinski definition) is 1. The molecule has 2 rings (SSSR count). The van der Waals surface area contributed by atoms with Crippen LogP contribution in [-0.4, -0.2) is 54.2 Å². The molecule has 1 N–H and O–H groups in total. The van der Waals surface area contributed by atoms with Crippen LogP contribution in [0.15, 0.2) is 24.3 Å². The average Bonchev–Trinajstić information content (AvgIpc) is 2.59. The van der Waals surface area contributed by atoms with Gasteiger partial charge in [-0.2, -0.15) is 0 Å². The van der Waals surface area contributed by atoms with Gasteiger partial charge in [0.05, 0.1) is 0 Å². The van der Waals surface area contributed by atoms with Gasteiger partial charge in [0.2, 0.25) is 0 Å². The van der Waals surface area contributed by atoms with Crippen LogP contribution in [0.3, 0.4) is 0 Å². The molecule has 0 radical (unpaired) electrons. The van der Waals surface area contributed by atoms with E-state index >= 15 is 0 Å². The fourth-order valence-corrected chi connectivity index (χ4v) is 2.79. The predicted molar refractivity (Wildman–Crippen MR) is 82.4 cm³/mol. The molecule has 0 amide bonds. The molecule has 1 fully saturated rings. The molecular formula is C17H24N2O. The lowest BCUT2D eigenvalue weighted by Gasteiger charge is -2.28. The second kappa shape index (κ2) is 7.44. The van der Waals surface area contributed by atoms with E-state index in [1.807, 2.05) is 12.1 Å². The fraction of sp³-hybridized carbons (Fsp3) is 0.529. The molecule has 1 heterocycles. The number of aliphatic hydroxyl groups is 1. The molecule has 1 aromatic rings. The number of nitrogens with zero attached hydrogens (tertiary/aromatic N) is 2. The summed E-state index contributed by atoms with van der Waals surface area (Å²) < 4.78 is 0. The summed E-state index contributed by atoms with van der Waals surface area (Å²) in [4.78, 5) is 4.94. The molecule has 0 bridgehead atoms. The van der Waals surface area contributed by atoms with Crippen LogP contribution in [-0.2, 0) is 6.54 Å². The van der Waals surface area contributed by atoms with Gasteiger partial charge >= 0.3 is 0 Å². The minimum atomic E-state index is -0.0841. The van der Waals surface area contributed by atoms with Crippen molar-refractivity contribution < 1.29 is 5.11 Å². The second-order valence-corrected chi connectivity index (χ2v) is 5.55. The summed E-state index contributed by atoms with van der Waals surface area (Å²) >= 11 is 0. The standard InChI is InChI=1S/C17H24N2O/c1-15-13-18(2)10-6-11-19(15)14-17-8-4-3-7-16(17)9-5-12-20/h3-4,7-8,15,20H,6,10-14H2,1-2H3. The highest BCUT2D eigenvalue weighted by atomic mass is 16.2. The number of hydrogen-bond acceptors (Lipinski definition) is 3. The lowest BCUT2D eigenvalue weighted by Crippen LogP contribution is -2.37. The molecule has 1 aliphatic heterocycles. The predicted octanol–water partition coefficient (Wildman–Crippen LogP) is 1.56.